The van der Waals surface area contributed by atoms with Crippen LogP contribution in [0, 0.1) is 0 Å². The SMILES string of the molecule is COc1ccc(Br)c2ccc(C(=O)OCc3ccccc3)nc12. The number of pyridine rings is 1. The highest BCUT2D eigenvalue weighted by Crippen LogP contribution is 2.30. The molecular weight excluding hydrogens is 358 g/mol. The predicted molar refractivity (Wildman–Crippen MR) is 91.6 cm³/mol. The molecule has 4 nitrogen and oxygen atoms in total. The predicted octanol–water partition coefficient (Wildman–Crippen LogP) is 4.36. The maximum Gasteiger partial charge on any atom is 0.357 e. The highest BCUT2D eigenvalue weighted by Gasteiger charge is 2.13. The first-order valence-corrected chi connectivity index (χ1v) is 7.82. The van der Waals surface area contributed by atoms with Gasteiger partial charge in [0.05, 0.1) is 7.11 Å². The zero-order chi connectivity index (χ0) is 16.2. The fraction of sp³-hybridized carbons (Fsp3) is 0.111. The van der Waals surface area contributed by atoms with Gasteiger partial charge in [-0.2, -0.15) is 0 Å². The van der Waals surface area contributed by atoms with Crippen LogP contribution in [0.25, 0.3) is 10.9 Å². The van der Waals surface area contributed by atoms with Crippen LogP contribution in [0.1, 0.15) is 16.1 Å². The minimum absolute atomic E-state index is 0.217. The second kappa shape index (κ2) is 6.79. The van der Waals surface area contributed by atoms with E-state index in [1.165, 1.54) is 0 Å². The van der Waals surface area contributed by atoms with Crippen LogP contribution in [0.15, 0.2) is 59.1 Å². The lowest BCUT2D eigenvalue weighted by atomic mass is 10.2. The Bertz CT molecular complexity index is 850. The Balaban J connectivity index is 1.86. The molecule has 0 unspecified atom stereocenters. The third-order valence-corrected chi connectivity index (χ3v) is 4.10. The maximum absolute atomic E-state index is 12.2. The molecule has 1 heterocycles. The van der Waals surface area contributed by atoms with Crippen LogP contribution < -0.4 is 4.74 Å². The molecule has 0 aliphatic rings. The number of ether oxygens (including phenoxy) is 2. The zero-order valence-electron chi connectivity index (χ0n) is 12.5. The number of esters is 1. The van der Waals surface area contributed by atoms with Crippen molar-refractivity contribution in [1.82, 2.24) is 4.98 Å². The van der Waals surface area contributed by atoms with Gasteiger partial charge in [-0.1, -0.05) is 46.3 Å². The summed E-state index contributed by atoms with van der Waals surface area (Å²) in [5, 5.41) is 0.879. The summed E-state index contributed by atoms with van der Waals surface area (Å²) in [6.45, 7) is 0.217. The largest absolute Gasteiger partial charge is 0.494 e. The van der Waals surface area contributed by atoms with E-state index in [1.807, 2.05) is 42.5 Å². The first-order chi connectivity index (χ1) is 11.2. The number of nitrogens with zero attached hydrogens (tertiary/aromatic N) is 1. The summed E-state index contributed by atoms with van der Waals surface area (Å²) in [7, 11) is 1.57. The number of halogens is 1. The zero-order valence-corrected chi connectivity index (χ0v) is 14.0. The number of aromatic nitrogens is 1. The first-order valence-electron chi connectivity index (χ1n) is 7.03. The number of carbonyl (C=O) groups is 1. The molecule has 0 aliphatic heterocycles. The van der Waals surface area contributed by atoms with Gasteiger partial charge in [-0.25, -0.2) is 9.78 Å². The van der Waals surface area contributed by atoms with Crippen molar-refractivity contribution in [1.29, 1.82) is 0 Å². The van der Waals surface area contributed by atoms with Crippen LogP contribution in [0.4, 0.5) is 0 Å². The van der Waals surface area contributed by atoms with Crippen molar-refractivity contribution in [2.45, 2.75) is 6.61 Å². The Hall–Kier alpha value is -2.40. The third-order valence-electron chi connectivity index (χ3n) is 3.41. The normalized spacial score (nSPS) is 10.5. The second-order valence-electron chi connectivity index (χ2n) is 4.90. The number of benzene rings is 2. The van der Waals surface area contributed by atoms with Gasteiger partial charge in [0.15, 0.2) is 0 Å². The quantitative estimate of drug-likeness (QED) is 0.639. The van der Waals surface area contributed by atoms with Crippen LogP contribution >= 0.6 is 15.9 Å². The summed E-state index contributed by atoms with van der Waals surface area (Å²) in [4.78, 5) is 16.6. The number of rotatable bonds is 4. The van der Waals surface area contributed by atoms with Gasteiger partial charge in [0.2, 0.25) is 0 Å². The molecule has 2 aromatic carbocycles. The van der Waals surface area contributed by atoms with Gasteiger partial charge < -0.3 is 9.47 Å². The Morgan fingerprint density at radius 3 is 2.61 bits per heavy atom. The first kappa shape index (κ1) is 15.5. The summed E-state index contributed by atoms with van der Waals surface area (Å²) in [6, 6.07) is 16.7. The summed E-state index contributed by atoms with van der Waals surface area (Å²) < 4.78 is 11.5. The molecular formula is C18H14BrNO3. The second-order valence-corrected chi connectivity index (χ2v) is 5.76. The lowest BCUT2D eigenvalue weighted by Gasteiger charge is -2.09. The minimum atomic E-state index is -0.460. The molecule has 0 N–H and O–H groups in total. The van der Waals surface area contributed by atoms with Gasteiger partial charge >= 0.3 is 5.97 Å². The van der Waals surface area contributed by atoms with E-state index in [1.54, 1.807) is 19.2 Å². The van der Waals surface area contributed by atoms with Gasteiger partial charge in [-0.3, -0.25) is 0 Å². The molecule has 3 aromatic rings. The molecule has 1 aromatic heterocycles. The average molecular weight is 372 g/mol. The molecule has 0 aliphatic carbocycles. The van der Waals surface area contributed by atoms with E-state index in [0.717, 1.165) is 15.4 Å². The molecule has 116 valence electrons. The molecule has 0 saturated carbocycles. The molecule has 3 rings (SSSR count). The van der Waals surface area contributed by atoms with Crippen molar-refractivity contribution >= 4 is 32.8 Å². The molecule has 5 heteroatoms. The van der Waals surface area contributed by atoms with Gasteiger partial charge in [0.25, 0.3) is 0 Å². The standard InChI is InChI=1S/C18H14BrNO3/c1-22-16-10-8-14(19)13-7-9-15(20-17(13)16)18(21)23-11-12-5-3-2-4-6-12/h2-10H,11H2,1H3. The summed E-state index contributed by atoms with van der Waals surface area (Å²) >= 11 is 3.47. The fourth-order valence-corrected chi connectivity index (χ4v) is 2.68. The van der Waals surface area contributed by atoms with Crippen LogP contribution in [-0.4, -0.2) is 18.1 Å². The van der Waals surface area contributed by atoms with E-state index in [-0.39, 0.29) is 12.3 Å². The number of fused-ring (bicyclic) bond motifs is 1. The number of carbonyl (C=O) groups excluding carboxylic acids is 1. The Kier molecular flexibility index (Phi) is 4.57. The smallest absolute Gasteiger partial charge is 0.357 e. The number of methoxy groups -OCH3 is 1. The molecule has 0 fully saturated rings. The summed E-state index contributed by atoms with van der Waals surface area (Å²) in [6.07, 6.45) is 0. The van der Waals surface area contributed by atoms with E-state index in [2.05, 4.69) is 20.9 Å². The molecule has 0 spiro atoms. The Morgan fingerprint density at radius 1 is 1.09 bits per heavy atom. The van der Waals surface area contributed by atoms with E-state index in [0.29, 0.717) is 11.3 Å². The number of hydrogen-bond acceptors (Lipinski definition) is 4. The van der Waals surface area contributed by atoms with Crippen molar-refractivity contribution in [2.75, 3.05) is 7.11 Å². The van der Waals surface area contributed by atoms with E-state index >= 15 is 0 Å². The van der Waals surface area contributed by atoms with Gasteiger partial charge in [0, 0.05) is 9.86 Å². The average Bonchev–Trinajstić information content (AvgIpc) is 2.60. The topological polar surface area (TPSA) is 48.4 Å². The Morgan fingerprint density at radius 2 is 1.87 bits per heavy atom. The van der Waals surface area contributed by atoms with Crippen molar-refractivity contribution in [2.24, 2.45) is 0 Å². The van der Waals surface area contributed by atoms with Crippen molar-refractivity contribution < 1.29 is 14.3 Å². The lowest BCUT2D eigenvalue weighted by Crippen LogP contribution is -2.07. The van der Waals surface area contributed by atoms with Gasteiger partial charge in [-0.05, 0) is 29.8 Å². The molecule has 0 saturated heterocycles. The van der Waals surface area contributed by atoms with Crippen LogP contribution in [-0.2, 0) is 11.3 Å². The maximum atomic E-state index is 12.2. The summed E-state index contributed by atoms with van der Waals surface area (Å²) in [5.41, 5.74) is 1.81. The monoisotopic (exact) mass is 371 g/mol. The van der Waals surface area contributed by atoms with Crippen molar-refractivity contribution in [3.05, 3.63) is 70.3 Å². The molecule has 0 radical (unpaired) electrons. The number of hydrogen-bond donors (Lipinski definition) is 0. The molecule has 23 heavy (non-hydrogen) atoms. The van der Waals surface area contributed by atoms with Gasteiger partial charge in [0.1, 0.15) is 23.6 Å². The summed E-state index contributed by atoms with van der Waals surface area (Å²) in [5.74, 6) is 0.152. The van der Waals surface area contributed by atoms with Gasteiger partial charge in [-0.15, -0.1) is 0 Å². The molecule has 0 bridgehead atoms. The highest BCUT2D eigenvalue weighted by atomic mass is 79.9. The molecule has 0 atom stereocenters. The highest BCUT2D eigenvalue weighted by molar-refractivity contribution is 9.10. The van der Waals surface area contributed by atoms with E-state index in [4.69, 9.17) is 9.47 Å². The van der Waals surface area contributed by atoms with E-state index in [9.17, 15) is 4.79 Å². The third kappa shape index (κ3) is 3.35. The van der Waals surface area contributed by atoms with Crippen LogP contribution in [0.5, 0.6) is 5.75 Å². The molecule has 0 amide bonds. The minimum Gasteiger partial charge on any atom is -0.494 e. The van der Waals surface area contributed by atoms with Crippen LogP contribution in [0.3, 0.4) is 0 Å². The lowest BCUT2D eigenvalue weighted by molar-refractivity contribution is 0.0466. The fourth-order valence-electron chi connectivity index (χ4n) is 2.23. The van der Waals surface area contributed by atoms with E-state index < -0.39 is 5.97 Å². The van der Waals surface area contributed by atoms with Crippen LogP contribution in [0.2, 0.25) is 0 Å². The Labute approximate surface area is 142 Å². The van der Waals surface area contributed by atoms with Crippen molar-refractivity contribution in [3.63, 3.8) is 0 Å². The van der Waals surface area contributed by atoms with Crippen molar-refractivity contribution in [3.8, 4) is 5.75 Å².